The number of hydrogen-bond acceptors (Lipinski definition) is 2. The fourth-order valence-electron chi connectivity index (χ4n) is 3.89. The molecule has 0 fully saturated rings. The first-order chi connectivity index (χ1) is 14.9. The van der Waals surface area contributed by atoms with E-state index in [1.54, 1.807) is 7.11 Å². The Kier molecular flexibility index (Phi) is 19.6. The lowest BCUT2D eigenvalue weighted by Crippen LogP contribution is -1.97. The topological polar surface area (TPSA) is 18.5 Å². The van der Waals surface area contributed by atoms with Crippen molar-refractivity contribution in [3.8, 4) is 11.5 Å². The Morgan fingerprint density at radius 3 is 1.20 bits per heavy atom. The van der Waals surface area contributed by atoms with Crippen LogP contribution in [0.25, 0.3) is 0 Å². The van der Waals surface area contributed by atoms with Crippen LogP contribution in [0.2, 0.25) is 0 Å². The Labute approximate surface area is 195 Å². The summed E-state index contributed by atoms with van der Waals surface area (Å²) in [5, 5.41) is 1.18. The summed E-state index contributed by atoms with van der Waals surface area (Å²) in [5.74, 6) is 1.82. The first-order valence-corrected chi connectivity index (χ1v) is 13.8. The molecule has 1 rings (SSSR count). The van der Waals surface area contributed by atoms with Gasteiger partial charge in [0.05, 0.1) is 13.7 Å². The molecule has 2 nitrogen and oxygen atoms in total. The van der Waals surface area contributed by atoms with E-state index in [0.717, 1.165) is 24.5 Å². The molecule has 0 aliphatic heterocycles. The second-order valence-electron chi connectivity index (χ2n) is 8.58. The standard InChI is InChI=1S/C27H47BrO2/c1-29-26-20-22-27(23-21-26)30-25-19-17-15-13-11-9-7-5-3-2-4-6-8-10-12-14-16-18-24-28/h20-23H,2-19,24-25H2,1H3. The van der Waals surface area contributed by atoms with E-state index in [1.807, 2.05) is 24.3 Å². The van der Waals surface area contributed by atoms with Crippen molar-refractivity contribution in [2.45, 2.75) is 116 Å². The van der Waals surface area contributed by atoms with Crippen LogP contribution in [0, 0.1) is 0 Å². The van der Waals surface area contributed by atoms with E-state index >= 15 is 0 Å². The van der Waals surface area contributed by atoms with Crippen LogP contribution in [-0.4, -0.2) is 19.0 Å². The first-order valence-electron chi connectivity index (χ1n) is 12.7. The van der Waals surface area contributed by atoms with Gasteiger partial charge in [-0.1, -0.05) is 119 Å². The van der Waals surface area contributed by atoms with E-state index in [0.29, 0.717) is 0 Å². The van der Waals surface area contributed by atoms with Crippen LogP contribution < -0.4 is 9.47 Å². The highest BCUT2D eigenvalue weighted by molar-refractivity contribution is 9.09. The molecule has 0 heterocycles. The zero-order valence-corrected chi connectivity index (χ0v) is 21.2. The van der Waals surface area contributed by atoms with Crippen molar-refractivity contribution in [1.82, 2.24) is 0 Å². The van der Waals surface area contributed by atoms with Crippen LogP contribution in [0.3, 0.4) is 0 Å². The van der Waals surface area contributed by atoms with Crippen LogP contribution >= 0.6 is 15.9 Å². The van der Waals surface area contributed by atoms with Gasteiger partial charge in [-0.15, -0.1) is 0 Å². The van der Waals surface area contributed by atoms with Gasteiger partial charge in [-0.3, -0.25) is 0 Å². The zero-order valence-electron chi connectivity index (χ0n) is 19.6. The van der Waals surface area contributed by atoms with E-state index in [9.17, 15) is 0 Å². The molecule has 0 saturated heterocycles. The number of benzene rings is 1. The molecule has 0 unspecified atom stereocenters. The molecule has 3 heteroatoms. The molecule has 0 N–H and O–H groups in total. The van der Waals surface area contributed by atoms with E-state index in [-0.39, 0.29) is 0 Å². The Bertz CT molecular complexity index is 460. The van der Waals surface area contributed by atoms with Gasteiger partial charge in [0.1, 0.15) is 11.5 Å². The van der Waals surface area contributed by atoms with E-state index in [2.05, 4.69) is 15.9 Å². The summed E-state index contributed by atoms with van der Waals surface area (Å²) in [7, 11) is 1.69. The summed E-state index contributed by atoms with van der Waals surface area (Å²) >= 11 is 3.51. The molecule has 0 saturated carbocycles. The summed E-state index contributed by atoms with van der Waals surface area (Å²) < 4.78 is 10.9. The number of alkyl halides is 1. The number of rotatable bonds is 22. The molecule has 0 aromatic heterocycles. The number of halogens is 1. The summed E-state index contributed by atoms with van der Waals surface area (Å²) in [4.78, 5) is 0. The average Bonchev–Trinajstić information content (AvgIpc) is 2.78. The summed E-state index contributed by atoms with van der Waals surface area (Å²) in [5.41, 5.74) is 0. The van der Waals surface area contributed by atoms with Gasteiger partial charge >= 0.3 is 0 Å². The highest BCUT2D eigenvalue weighted by Crippen LogP contribution is 2.18. The second kappa shape index (κ2) is 21.5. The van der Waals surface area contributed by atoms with Crippen LogP contribution in [-0.2, 0) is 0 Å². The molecule has 0 spiro atoms. The molecule has 30 heavy (non-hydrogen) atoms. The number of hydrogen-bond donors (Lipinski definition) is 0. The summed E-state index contributed by atoms with van der Waals surface area (Å²) in [6, 6.07) is 7.86. The van der Waals surface area contributed by atoms with Crippen molar-refractivity contribution in [3.05, 3.63) is 24.3 Å². The molecule has 0 aliphatic carbocycles. The summed E-state index contributed by atoms with van der Waals surface area (Å²) in [6.07, 6.45) is 25.3. The molecular weight excluding hydrogens is 436 g/mol. The number of methoxy groups -OCH3 is 1. The maximum atomic E-state index is 5.78. The number of ether oxygens (including phenoxy) is 2. The van der Waals surface area contributed by atoms with E-state index in [4.69, 9.17) is 9.47 Å². The Morgan fingerprint density at radius 1 is 0.500 bits per heavy atom. The molecule has 0 bridgehead atoms. The molecular formula is C27H47BrO2. The molecule has 0 atom stereocenters. The molecule has 0 aliphatic rings. The molecule has 174 valence electrons. The third kappa shape index (κ3) is 17.0. The lowest BCUT2D eigenvalue weighted by Gasteiger charge is -2.07. The van der Waals surface area contributed by atoms with Crippen molar-refractivity contribution < 1.29 is 9.47 Å². The van der Waals surface area contributed by atoms with Crippen molar-refractivity contribution >= 4 is 15.9 Å². The third-order valence-corrected chi connectivity index (χ3v) is 6.42. The SMILES string of the molecule is COc1ccc(OCCCCCCCCCCCCCCCCCCCCBr)cc1. The van der Waals surface area contributed by atoms with Gasteiger partial charge in [-0.2, -0.15) is 0 Å². The molecule has 0 amide bonds. The van der Waals surface area contributed by atoms with Gasteiger partial charge in [0.2, 0.25) is 0 Å². The predicted octanol–water partition coefficient (Wildman–Crippen LogP) is 9.49. The van der Waals surface area contributed by atoms with Crippen molar-refractivity contribution in [2.75, 3.05) is 19.0 Å². The zero-order chi connectivity index (χ0) is 21.5. The Hall–Kier alpha value is -0.700. The fraction of sp³-hybridized carbons (Fsp3) is 0.778. The van der Waals surface area contributed by atoms with Gasteiger partial charge in [-0.25, -0.2) is 0 Å². The fourth-order valence-corrected chi connectivity index (χ4v) is 4.28. The van der Waals surface area contributed by atoms with Gasteiger partial charge in [0.25, 0.3) is 0 Å². The van der Waals surface area contributed by atoms with Gasteiger partial charge in [0, 0.05) is 5.33 Å². The predicted molar refractivity (Wildman–Crippen MR) is 135 cm³/mol. The van der Waals surface area contributed by atoms with Gasteiger partial charge in [0.15, 0.2) is 0 Å². The minimum atomic E-state index is 0.823. The van der Waals surface area contributed by atoms with Crippen LogP contribution in [0.15, 0.2) is 24.3 Å². The average molecular weight is 484 g/mol. The lowest BCUT2D eigenvalue weighted by molar-refractivity contribution is 0.303. The van der Waals surface area contributed by atoms with E-state index in [1.165, 1.54) is 114 Å². The molecule has 1 aromatic carbocycles. The monoisotopic (exact) mass is 482 g/mol. The maximum Gasteiger partial charge on any atom is 0.119 e. The molecule has 1 aromatic rings. The third-order valence-electron chi connectivity index (χ3n) is 5.86. The van der Waals surface area contributed by atoms with Crippen LogP contribution in [0.4, 0.5) is 0 Å². The second-order valence-corrected chi connectivity index (χ2v) is 9.37. The molecule has 0 radical (unpaired) electrons. The Morgan fingerprint density at radius 2 is 0.833 bits per heavy atom. The highest BCUT2D eigenvalue weighted by Gasteiger charge is 1.97. The highest BCUT2D eigenvalue weighted by atomic mass is 79.9. The largest absolute Gasteiger partial charge is 0.497 e. The normalized spacial score (nSPS) is 11.0. The van der Waals surface area contributed by atoms with Gasteiger partial charge < -0.3 is 9.47 Å². The van der Waals surface area contributed by atoms with Crippen LogP contribution in [0.5, 0.6) is 11.5 Å². The quantitative estimate of drug-likeness (QED) is 0.121. The number of unbranched alkanes of at least 4 members (excludes halogenated alkanes) is 17. The van der Waals surface area contributed by atoms with E-state index < -0.39 is 0 Å². The smallest absolute Gasteiger partial charge is 0.119 e. The van der Waals surface area contributed by atoms with Crippen LogP contribution in [0.1, 0.15) is 116 Å². The van der Waals surface area contributed by atoms with Crippen molar-refractivity contribution in [3.63, 3.8) is 0 Å². The van der Waals surface area contributed by atoms with Crippen molar-refractivity contribution in [1.29, 1.82) is 0 Å². The first kappa shape index (κ1) is 27.3. The maximum absolute atomic E-state index is 5.78. The minimum Gasteiger partial charge on any atom is -0.497 e. The Balaban J connectivity index is 1.71. The van der Waals surface area contributed by atoms with Gasteiger partial charge in [-0.05, 0) is 37.1 Å². The lowest BCUT2D eigenvalue weighted by atomic mass is 10.0. The van der Waals surface area contributed by atoms with Crippen molar-refractivity contribution in [2.24, 2.45) is 0 Å². The minimum absolute atomic E-state index is 0.823. The summed E-state index contributed by atoms with van der Waals surface area (Å²) in [6.45, 7) is 0.823.